The zero-order valence-corrected chi connectivity index (χ0v) is 13.6. The van der Waals surface area contributed by atoms with Crippen LogP contribution in [0, 0.1) is 11.6 Å². The van der Waals surface area contributed by atoms with Crippen LogP contribution in [0.5, 0.6) is 0 Å². The van der Waals surface area contributed by atoms with Gasteiger partial charge in [0.2, 0.25) is 10.0 Å². The Hall–Kier alpha value is -1.83. The highest BCUT2D eigenvalue weighted by atomic mass is 32.2. The second kappa shape index (κ2) is 6.58. The molecule has 7 heteroatoms. The third-order valence-corrected chi connectivity index (χ3v) is 5.67. The number of nitrogens with one attached hydrogen (secondary N) is 1. The molecule has 0 saturated heterocycles. The molecule has 1 fully saturated rings. The van der Waals surface area contributed by atoms with Crippen molar-refractivity contribution < 1.29 is 22.3 Å². The predicted octanol–water partition coefficient (Wildman–Crippen LogP) is 2.82. The van der Waals surface area contributed by atoms with E-state index in [0.29, 0.717) is 24.8 Å². The monoisotopic (exact) mass is 353 g/mol. The van der Waals surface area contributed by atoms with Gasteiger partial charge in [0.25, 0.3) is 0 Å². The standard InChI is InChI=1S/C17H17F2NO3S/c18-12-3-8-16(17(19)9-12)11-1-6-15(7-2-11)24(22,23)20-13-4-5-14(21)10-13/h1-3,6-9,13-14,20-21H,4-5,10H2/t13?,14-/m1/s1. The molecule has 3 rings (SSSR count). The lowest BCUT2D eigenvalue weighted by Gasteiger charge is -2.13. The van der Waals surface area contributed by atoms with E-state index >= 15 is 0 Å². The van der Waals surface area contributed by atoms with Gasteiger partial charge in [0.05, 0.1) is 11.0 Å². The average Bonchev–Trinajstić information content (AvgIpc) is 2.92. The van der Waals surface area contributed by atoms with E-state index in [4.69, 9.17) is 0 Å². The molecule has 0 aliphatic heterocycles. The third-order valence-electron chi connectivity index (χ3n) is 4.13. The van der Waals surface area contributed by atoms with Crippen molar-refractivity contribution in [2.24, 2.45) is 0 Å². The first-order valence-electron chi connectivity index (χ1n) is 7.61. The van der Waals surface area contributed by atoms with Crippen LogP contribution in [0.25, 0.3) is 11.1 Å². The van der Waals surface area contributed by atoms with Gasteiger partial charge in [-0.3, -0.25) is 0 Å². The summed E-state index contributed by atoms with van der Waals surface area (Å²) >= 11 is 0. The van der Waals surface area contributed by atoms with Crippen molar-refractivity contribution in [1.29, 1.82) is 0 Å². The summed E-state index contributed by atoms with van der Waals surface area (Å²) in [6.07, 6.45) is 1.11. The van der Waals surface area contributed by atoms with Crippen LogP contribution in [0.3, 0.4) is 0 Å². The number of hydrogen-bond donors (Lipinski definition) is 2. The number of rotatable bonds is 4. The normalized spacial score (nSPS) is 21.1. The summed E-state index contributed by atoms with van der Waals surface area (Å²) in [4.78, 5) is 0.0650. The largest absolute Gasteiger partial charge is 0.393 e. The number of benzene rings is 2. The zero-order chi connectivity index (χ0) is 17.3. The van der Waals surface area contributed by atoms with Crippen LogP contribution >= 0.6 is 0 Å². The Bertz CT molecular complexity index is 837. The zero-order valence-electron chi connectivity index (χ0n) is 12.7. The van der Waals surface area contributed by atoms with Crippen LogP contribution in [0.15, 0.2) is 47.4 Å². The van der Waals surface area contributed by atoms with Gasteiger partial charge < -0.3 is 5.11 Å². The predicted molar refractivity (Wildman–Crippen MR) is 85.8 cm³/mol. The summed E-state index contributed by atoms with van der Waals surface area (Å²) in [6, 6.07) is 8.69. The number of aliphatic hydroxyl groups excluding tert-OH is 1. The number of hydrogen-bond acceptors (Lipinski definition) is 3. The Kier molecular flexibility index (Phi) is 4.67. The van der Waals surface area contributed by atoms with E-state index in [1.807, 2.05) is 0 Å². The second-order valence-electron chi connectivity index (χ2n) is 5.93. The summed E-state index contributed by atoms with van der Waals surface area (Å²) in [5.41, 5.74) is 0.662. The third kappa shape index (κ3) is 3.63. The SMILES string of the molecule is O=S(=O)(NC1CC[C@@H](O)C1)c1ccc(-c2ccc(F)cc2F)cc1. The molecule has 0 radical (unpaired) electrons. The minimum atomic E-state index is -3.70. The van der Waals surface area contributed by atoms with Crippen molar-refractivity contribution >= 4 is 10.0 Å². The van der Waals surface area contributed by atoms with E-state index in [9.17, 15) is 22.3 Å². The topological polar surface area (TPSA) is 66.4 Å². The van der Waals surface area contributed by atoms with Crippen molar-refractivity contribution in [2.45, 2.75) is 36.3 Å². The first-order valence-corrected chi connectivity index (χ1v) is 9.09. The highest BCUT2D eigenvalue weighted by Gasteiger charge is 2.27. The maximum Gasteiger partial charge on any atom is 0.240 e. The second-order valence-corrected chi connectivity index (χ2v) is 7.65. The first kappa shape index (κ1) is 17.0. The van der Waals surface area contributed by atoms with Gasteiger partial charge in [-0.2, -0.15) is 0 Å². The van der Waals surface area contributed by atoms with Crippen molar-refractivity contribution in [2.75, 3.05) is 0 Å². The minimum Gasteiger partial charge on any atom is -0.393 e. The van der Waals surface area contributed by atoms with Crippen molar-refractivity contribution in [1.82, 2.24) is 4.72 Å². The fourth-order valence-corrected chi connectivity index (χ4v) is 4.17. The van der Waals surface area contributed by atoms with Gasteiger partial charge >= 0.3 is 0 Å². The summed E-state index contributed by atoms with van der Waals surface area (Å²) in [5.74, 6) is -1.37. The fraction of sp³-hybridized carbons (Fsp3) is 0.294. The molecular weight excluding hydrogens is 336 g/mol. The van der Waals surface area contributed by atoms with Gasteiger partial charge in [0.15, 0.2) is 0 Å². The van der Waals surface area contributed by atoms with Gasteiger partial charge in [-0.15, -0.1) is 0 Å². The molecule has 0 heterocycles. The van der Waals surface area contributed by atoms with Crippen molar-refractivity contribution in [3.8, 4) is 11.1 Å². The molecule has 1 unspecified atom stereocenters. The van der Waals surface area contributed by atoms with Crippen LogP contribution < -0.4 is 4.72 Å². The average molecular weight is 353 g/mol. The Balaban J connectivity index is 1.81. The molecule has 2 atom stereocenters. The van der Waals surface area contributed by atoms with Crippen molar-refractivity contribution in [3.63, 3.8) is 0 Å². The Morgan fingerprint density at radius 3 is 2.33 bits per heavy atom. The number of aliphatic hydroxyl groups is 1. The summed E-state index contributed by atoms with van der Waals surface area (Å²) in [7, 11) is -3.70. The highest BCUT2D eigenvalue weighted by Crippen LogP contribution is 2.26. The maximum absolute atomic E-state index is 13.8. The Morgan fingerprint density at radius 1 is 1.04 bits per heavy atom. The number of halogens is 2. The molecule has 2 aromatic rings. The molecule has 2 N–H and O–H groups in total. The van der Waals surface area contributed by atoms with E-state index < -0.39 is 27.8 Å². The van der Waals surface area contributed by atoms with Crippen LogP contribution in [-0.2, 0) is 10.0 Å². The summed E-state index contributed by atoms with van der Waals surface area (Å²) in [5, 5.41) is 9.48. The van der Waals surface area contributed by atoms with E-state index in [2.05, 4.69) is 4.72 Å². The highest BCUT2D eigenvalue weighted by molar-refractivity contribution is 7.89. The summed E-state index contributed by atoms with van der Waals surface area (Å²) < 4.78 is 54.0. The molecule has 0 bridgehead atoms. The minimum absolute atomic E-state index is 0.0650. The molecule has 0 aromatic heterocycles. The molecule has 24 heavy (non-hydrogen) atoms. The van der Waals surface area contributed by atoms with Gasteiger partial charge in [0.1, 0.15) is 11.6 Å². The smallest absolute Gasteiger partial charge is 0.240 e. The molecule has 2 aromatic carbocycles. The quantitative estimate of drug-likeness (QED) is 0.888. The van der Waals surface area contributed by atoms with E-state index in [1.165, 1.54) is 30.3 Å². The lowest BCUT2D eigenvalue weighted by atomic mass is 10.1. The van der Waals surface area contributed by atoms with Gasteiger partial charge in [-0.05, 0) is 49.1 Å². The molecule has 4 nitrogen and oxygen atoms in total. The Morgan fingerprint density at radius 2 is 1.75 bits per heavy atom. The first-order chi connectivity index (χ1) is 11.3. The lowest BCUT2D eigenvalue weighted by Crippen LogP contribution is -2.33. The van der Waals surface area contributed by atoms with Gasteiger partial charge in [-0.25, -0.2) is 21.9 Å². The molecule has 1 aliphatic carbocycles. The lowest BCUT2D eigenvalue weighted by molar-refractivity contribution is 0.181. The van der Waals surface area contributed by atoms with Crippen LogP contribution in [-0.4, -0.2) is 25.7 Å². The molecule has 0 amide bonds. The van der Waals surface area contributed by atoms with Gasteiger partial charge in [0, 0.05) is 17.7 Å². The molecule has 1 aliphatic rings. The van der Waals surface area contributed by atoms with Crippen LogP contribution in [0.1, 0.15) is 19.3 Å². The molecule has 128 valence electrons. The van der Waals surface area contributed by atoms with Gasteiger partial charge in [-0.1, -0.05) is 12.1 Å². The molecular formula is C17H17F2NO3S. The molecule has 0 spiro atoms. The fourth-order valence-electron chi connectivity index (χ4n) is 2.89. The maximum atomic E-state index is 13.8. The van der Waals surface area contributed by atoms with Crippen LogP contribution in [0.4, 0.5) is 8.78 Å². The van der Waals surface area contributed by atoms with E-state index in [0.717, 1.165) is 12.1 Å². The Labute approximate surface area is 139 Å². The van der Waals surface area contributed by atoms with E-state index in [-0.39, 0.29) is 16.5 Å². The summed E-state index contributed by atoms with van der Waals surface area (Å²) in [6.45, 7) is 0. The van der Waals surface area contributed by atoms with Crippen molar-refractivity contribution in [3.05, 3.63) is 54.1 Å². The molecule has 1 saturated carbocycles. The van der Waals surface area contributed by atoms with E-state index in [1.54, 1.807) is 0 Å². The number of sulfonamides is 1. The van der Waals surface area contributed by atoms with Crippen LogP contribution in [0.2, 0.25) is 0 Å².